The molecule has 0 aliphatic rings. The highest BCUT2D eigenvalue weighted by Gasteiger charge is 2.07. The Kier molecular flexibility index (Phi) is 15.3. The van der Waals surface area contributed by atoms with E-state index in [0.29, 0.717) is 0 Å². The van der Waals surface area contributed by atoms with Gasteiger partial charge in [-0.05, 0) is 73.0 Å². The first-order valence-electron chi connectivity index (χ1n) is 15.8. The van der Waals surface area contributed by atoms with Gasteiger partial charge in [0, 0.05) is 5.56 Å². The highest BCUT2D eigenvalue weighted by molar-refractivity contribution is 5.68. The molecule has 3 rings (SSSR count). The smallest absolute Gasteiger partial charge is 0.119 e. The molecule has 0 saturated carbocycles. The van der Waals surface area contributed by atoms with Gasteiger partial charge in [-0.1, -0.05) is 104 Å². The Morgan fingerprint density at radius 3 is 1.38 bits per heavy atom. The second-order valence-electron chi connectivity index (χ2n) is 10.9. The Labute approximate surface area is 237 Å². The number of benzene rings is 2. The molecule has 0 atom stereocenters. The van der Waals surface area contributed by atoms with Crippen LogP contribution in [0.5, 0.6) is 11.5 Å². The molecule has 1 heterocycles. The van der Waals surface area contributed by atoms with E-state index in [2.05, 4.69) is 66.5 Å². The molecular formula is C35H52N2O2. The van der Waals surface area contributed by atoms with E-state index in [9.17, 15) is 0 Å². The zero-order valence-electron chi connectivity index (χ0n) is 24.7. The number of rotatable bonds is 22. The van der Waals surface area contributed by atoms with Crippen LogP contribution >= 0.6 is 0 Å². The van der Waals surface area contributed by atoms with Crippen molar-refractivity contribution in [1.29, 1.82) is 0 Å². The van der Waals surface area contributed by atoms with Crippen molar-refractivity contribution in [2.45, 2.75) is 117 Å². The molecule has 0 saturated heterocycles. The van der Waals surface area contributed by atoms with Gasteiger partial charge in [-0.25, -0.2) is 0 Å². The molecule has 1 N–H and O–H groups in total. The van der Waals surface area contributed by atoms with Crippen molar-refractivity contribution in [3.63, 3.8) is 0 Å². The number of nitrogens with zero attached hydrogens (tertiary/aromatic N) is 1. The number of ether oxygens (including phenoxy) is 2. The lowest BCUT2D eigenvalue weighted by molar-refractivity contribution is 0.304. The minimum absolute atomic E-state index is 0.791. The summed E-state index contributed by atoms with van der Waals surface area (Å²) in [6.45, 7) is 6.12. The summed E-state index contributed by atoms with van der Waals surface area (Å²) in [5.41, 5.74) is 4.14. The van der Waals surface area contributed by atoms with Gasteiger partial charge < -0.3 is 9.47 Å². The van der Waals surface area contributed by atoms with Crippen molar-refractivity contribution < 1.29 is 9.47 Å². The van der Waals surface area contributed by atoms with Crippen molar-refractivity contribution in [3.05, 3.63) is 54.6 Å². The molecule has 4 heteroatoms. The molecule has 39 heavy (non-hydrogen) atoms. The molecule has 0 unspecified atom stereocenters. The zero-order valence-corrected chi connectivity index (χ0v) is 24.7. The molecule has 4 nitrogen and oxygen atoms in total. The summed E-state index contributed by atoms with van der Waals surface area (Å²) in [5, 5.41) is 7.73. The molecule has 3 aromatic rings. The summed E-state index contributed by atoms with van der Waals surface area (Å²) in [5.74, 6) is 1.86. The second-order valence-corrected chi connectivity index (χ2v) is 10.9. The monoisotopic (exact) mass is 532 g/mol. The number of aromatic amines is 1. The van der Waals surface area contributed by atoms with Crippen LogP contribution in [-0.2, 0) is 0 Å². The summed E-state index contributed by atoms with van der Waals surface area (Å²) >= 11 is 0. The second kappa shape index (κ2) is 19.3. The van der Waals surface area contributed by atoms with Crippen LogP contribution in [0.15, 0.2) is 54.6 Å². The first-order chi connectivity index (χ1) is 19.3. The van der Waals surface area contributed by atoms with Crippen molar-refractivity contribution >= 4 is 0 Å². The van der Waals surface area contributed by atoms with E-state index in [1.165, 1.54) is 89.9 Å². The highest BCUT2D eigenvalue weighted by Crippen LogP contribution is 2.27. The fraction of sp³-hybridized carbons (Fsp3) is 0.571. The largest absolute Gasteiger partial charge is 0.494 e. The van der Waals surface area contributed by atoms with Crippen LogP contribution in [0.25, 0.3) is 22.5 Å². The van der Waals surface area contributed by atoms with E-state index in [1.807, 2.05) is 12.1 Å². The quantitative estimate of drug-likeness (QED) is 0.131. The molecule has 0 aliphatic heterocycles. The average molecular weight is 533 g/mol. The molecule has 0 radical (unpaired) electrons. The Morgan fingerprint density at radius 2 is 0.923 bits per heavy atom. The number of nitrogens with one attached hydrogen (secondary N) is 1. The third-order valence-electron chi connectivity index (χ3n) is 7.43. The Hall–Kier alpha value is -2.75. The number of hydrogen-bond acceptors (Lipinski definition) is 3. The lowest BCUT2D eigenvalue weighted by Gasteiger charge is -2.07. The summed E-state index contributed by atoms with van der Waals surface area (Å²) < 4.78 is 11.9. The third kappa shape index (κ3) is 12.3. The normalized spacial score (nSPS) is 11.1. The summed E-state index contributed by atoms with van der Waals surface area (Å²) in [6, 6.07) is 18.7. The summed E-state index contributed by atoms with van der Waals surface area (Å²) in [4.78, 5) is 0. The lowest BCUT2D eigenvalue weighted by atomic mass is 10.1. The Balaban J connectivity index is 1.33. The van der Waals surface area contributed by atoms with Crippen LogP contribution < -0.4 is 9.47 Å². The van der Waals surface area contributed by atoms with Gasteiger partial charge in [-0.15, -0.1) is 0 Å². The zero-order chi connectivity index (χ0) is 27.4. The van der Waals surface area contributed by atoms with Crippen LogP contribution in [-0.4, -0.2) is 23.4 Å². The van der Waals surface area contributed by atoms with Gasteiger partial charge in [0.25, 0.3) is 0 Å². The van der Waals surface area contributed by atoms with Crippen molar-refractivity contribution in [2.75, 3.05) is 13.2 Å². The van der Waals surface area contributed by atoms with E-state index in [0.717, 1.165) is 60.1 Å². The molecule has 0 aliphatic carbocycles. The minimum Gasteiger partial charge on any atom is -0.494 e. The molecule has 0 fully saturated rings. The molecule has 0 spiro atoms. The van der Waals surface area contributed by atoms with Crippen LogP contribution in [0.3, 0.4) is 0 Å². The lowest BCUT2D eigenvalue weighted by Crippen LogP contribution is -1.97. The van der Waals surface area contributed by atoms with Crippen molar-refractivity contribution in [1.82, 2.24) is 10.2 Å². The summed E-state index contributed by atoms with van der Waals surface area (Å²) in [7, 11) is 0. The number of aromatic nitrogens is 2. The van der Waals surface area contributed by atoms with Crippen LogP contribution in [0.2, 0.25) is 0 Å². The van der Waals surface area contributed by atoms with Crippen LogP contribution in [0.4, 0.5) is 0 Å². The number of hydrogen-bond donors (Lipinski definition) is 1. The first kappa shape index (κ1) is 30.8. The first-order valence-corrected chi connectivity index (χ1v) is 15.8. The predicted octanol–water partition coefficient (Wildman–Crippen LogP) is 10.8. The maximum absolute atomic E-state index is 5.96. The van der Waals surface area contributed by atoms with Crippen LogP contribution in [0, 0.1) is 0 Å². The standard InChI is InChI=1S/C35H52N2O2/c1-3-5-7-9-11-13-15-17-27-38-32-23-19-30(20-24-32)34-29-35(37-36-34)31-21-25-33(26-22-31)39-28-18-16-14-12-10-8-6-4-2/h19-26,29H,3-18,27-28H2,1-2H3,(H,36,37). The Morgan fingerprint density at radius 1 is 0.513 bits per heavy atom. The average Bonchev–Trinajstić information content (AvgIpc) is 3.46. The molecule has 1 aromatic heterocycles. The van der Waals surface area contributed by atoms with Crippen LogP contribution in [0.1, 0.15) is 117 Å². The summed E-state index contributed by atoms with van der Waals surface area (Å²) in [6.07, 6.45) is 21.0. The Bertz CT molecular complexity index is 914. The molecule has 0 amide bonds. The van der Waals surface area contributed by atoms with E-state index < -0.39 is 0 Å². The SMILES string of the molecule is CCCCCCCCCCOc1ccc(-c2cc(-c3ccc(OCCCCCCCCCC)cc3)[nH]n2)cc1. The van der Waals surface area contributed by atoms with E-state index >= 15 is 0 Å². The fourth-order valence-electron chi connectivity index (χ4n) is 4.92. The van der Waals surface area contributed by atoms with Gasteiger partial charge in [-0.2, -0.15) is 5.10 Å². The maximum Gasteiger partial charge on any atom is 0.119 e. The predicted molar refractivity (Wildman–Crippen MR) is 166 cm³/mol. The van der Waals surface area contributed by atoms with Gasteiger partial charge >= 0.3 is 0 Å². The van der Waals surface area contributed by atoms with E-state index in [1.54, 1.807) is 0 Å². The van der Waals surface area contributed by atoms with E-state index in [4.69, 9.17) is 9.47 Å². The van der Waals surface area contributed by atoms with Gasteiger partial charge in [0.15, 0.2) is 0 Å². The van der Waals surface area contributed by atoms with Crippen molar-refractivity contribution in [2.24, 2.45) is 0 Å². The minimum atomic E-state index is 0.791. The van der Waals surface area contributed by atoms with Crippen molar-refractivity contribution in [3.8, 4) is 34.0 Å². The molecular weight excluding hydrogens is 480 g/mol. The van der Waals surface area contributed by atoms with Gasteiger partial charge in [0.05, 0.1) is 24.6 Å². The van der Waals surface area contributed by atoms with E-state index in [-0.39, 0.29) is 0 Å². The maximum atomic E-state index is 5.96. The van der Waals surface area contributed by atoms with Gasteiger partial charge in [0.1, 0.15) is 11.5 Å². The third-order valence-corrected chi connectivity index (χ3v) is 7.43. The molecule has 214 valence electrons. The molecule has 0 bridgehead atoms. The van der Waals surface area contributed by atoms with Gasteiger partial charge in [0.2, 0.25) is 0 Å². The number of unbranched alkanes of at least 4 members (excludes halogenated alkanes) is 14. The topological polar surface area (TPSA) is 47.1 Å². The fourth-order valence-corrected chi connectivity index (χ4v) is 4.92. The highest BCUT2D eigenvalue weighted by atomic mass is 16.5. The molecule has 2 aromatic carbocycles. The number of H-pyrrole nitrogens is 1. The van der Waals surface area contributed by atoms with Gasteiger partial charge in [-0.3, -0.25) is 5.10 Å².